The smallest absolute Gasteiger partial charge is 0.158 e. The van der Waals surface area contributed by atoms with Crippen LogP contribution >= 0.6 is 0 Å². The van der Waals surface area contributed by atoms with E-state index in [-0.39, 0.29) is 5.41 Å². The van der Waals surface area contributed by atoms with E-state index < -0.39 is 0 Å². The molecule has 3 fully saturated rings. The van der Waals surface area contributed by atoms with E-state index in [2.05, 4.69) is 40.0 Å². The molecule has 3 aliphatic rings. The Bertz CT molecular complexity index is 504. The number of rotatable bonds is 1. The minimum atomic E-state index is 0.0580. The van der Waals surface area contributed by atoms with Crippen molar-refractivity contribution in [1.29, 1.82) is 0 Å². The van der Waals surface area contributed by atoms with Gasteiger partial charge in [-0.15, -0.1) is 6.58 Å². The molecule has 0 aromatic rings. The number of Topliss-reactive ketones (excluding diaryl/α,β-unsaturated/α-hetero) is 1. The van der Waals surface area contributed by atoms with Crippen LogP contribution in [-0.2, 0) is 4.79 Å². The van der Waals surface area contributed by atoms with E-state index in [1.54, 1.807) is 0 Å². The molecule has 3 rings (SSSR count). The van der Waals surface area contributed by atoms with Crippen LogP contribution in [0.15, 0.2) is 24.8 Å². The van der Waals surface area contributed by atoms with Gasteiger partial charge in [-0.25, -0.2) is 0 Å². The van der Waals surface area contributed by atoms with Gasteiger partial charge >= 0.3 is 0 Å². The molecule has 5 unspecified atom stereocenters. The third kappa shape index (κ3) is 1.99. The molecule has 1 nitrogen and oxygen atoms in total. The van der Waals surface area contributed by atoms with Crippen molar-refractivity contribution < 1.29 is 4.79 Å². The first-order chi connectivity index (χ1) is 9.75. The Morgan fingerprint density at radius 1 is 1.14 bits per heavy atom. The Morgan fingerprint density at radius 2 is 1.86 bits per heavy atom. The first kappa shape index (κ1) is 15.1. The number of allylic oxidation sites excluding steroid dienone is 2. The largest absolute Gasteiger partial charge is 0.295 e. The number of ketones is 1. The fourth-order valence-electron chi connectivity index (χ4n) is 5.86. The highest BCUT2D eigenvalue weighted by atomic mass is 16.1. The van der Waals surface area contributed by atoms with Gasteiger partial charge in [-0.05, 0) is 72.2 Å². The zero-order valence-corrected chi connectivity index (χ0v) is 14.0. The summed E-state index contributed by atoms with van der Waals surface area (Å²) >= 11 is 0. The fraction of sp³-hybridized carbons (Fsp3) is 0.750. The number of carbonyl (C=O) groups excluding carboxylic acids is 1. The number of hydrogen-bond donors (Lipinski definition) is 0. The van der Waals surface area contributed by atoms with E-state index in [0.29, 0.717) is 22.5 Å². The standard InChI is InChI=1S/C20H30O/c1-6-18(3)11-12-20(5)15(13-18)9-10-19(4)14(2)16(21)7-8-17(19)20/h6,15,17H,1-2,7-13H2,3-5H3. The van der Waals surface area contributed by atoms with Crippen molar-refractivity contribution in [2.75, 3.05) is 0 Å². The lowest BCUT2D eigenvalue weighted by Gasteiger charge is -2.62. The fourth-order valence-corrected chi connectivity index (χ4v) is 5.86. The van der Waals surface area contributed by atoms with E-state index in [1.165, 1.54) is 25.7 Å². The SMILES string of the molecule is C=CC1(C)CCC2(C)C(CCC3(C)C(=C)C(=O)CCC32)C1. The molecule has 3 saturated carbocycles. The second-order valence-electron chi connectivity index (χ2n) is 8.71. The Morgan fingerprint density at radius 3 is 2.52 bits per heavy atom. The molecule has 116 valence electrons. The van der Waals surface area contributed by atoms with Crippen molar-refractivity contribution >= 4 is 5.78 Å². The number of hydrogen-bond acceptors (Lipinski definition) is 1. The molecule has 0 bridgehead atoms. The highest BCUT2D eigenvalue weighted by molar-refractivity contribution is 5.97. The Hall–Kier alpha value is -0.850. The normalized spacial score (nSPS) is 50.2. The van der Waals surface area contributed by atoms with E-state index in [4.69, 9.17) is 0 Å². The average Bonchev–Trinajstić information content (AvgIpc) is 2.46. The highest BCUT2D eigenvalue weighted by Crippen LogP contribution is 2.66. The minimum absolute atomic E-state index is 0.0580. The van der Waals surface area contributed by atoms with Crippen molar-refractivity contribution in [2.45, 2.75) is 65.7 Å². The molecule has 0 heterocycles. The number of carbonyl (C=O) groups is 1. The van der Waals surface area contributed by atoms with Gasteiger partial charge in [-0.2, -0.15) is 0 Å². The monoisotopic (exact) mass is 286 g/mol. The van der Waals surface area contributed by atoms with Crippen molar-refractivity contribution in [3.63, 3.8) is 0 Å². The summed E-state index contributed by atoms with van der Waals surface area (Å²) in [7, 11) is 0. The highest BCUT2D eigenvalue weighted by Gasteiger charge is 2.58. The molecule has 1 heteroatoms. The molecule has 0 radical (unpaired) electrons. The van der Waals surface area contributed by atoms with Crippen LogP contribution in [-0.4, -0.2) is 5.78 Å². The van der Waals surface area contributed by atoms with Gasteiger partial charge in [-0.1, -0.05) is 33.4 Å². The maximum absolute atomic E-state index is 12.2. The zero-order chi connectivity index (χ0) is 15.5. The molecule has 3 aliphatic carbocycles. The minimum Gasteiger partial charge on any atom is -0.295 e. The topological polar surface area (TPSA) is 17.1 Å². The zero-order valence-electron chi connectivity index (χ0n) is 14.0. The predicted octanol–water partition coefficient (Wildman–Crippen LogP) is 5.32. The summed E-state index contributed by atoms with van der Waals surface area (Å²) in [6, 6.07) is 0. The first-order valence-electron chi connectivity index (χ1n) is 8.61. The second kappa shape index (κ2) is 4.57. The van der Waals surface area contributed by atoms with Gasteiger partial charge in [0.05, 0.1) is 0 Å². The van der Waals surface area contributed by atoms with Crippen molar-refractivity contribution in [2.24, 2.45) is 28.1 Å². The number of fused-ring (bicyclic) bond motifs is 3. The Balaban J connectivity index is 1.94. The Kier molecular flexibility index (Phi) is 3.28. The molecule has 0 amide bonds. The van der Waals surface area contributed by atoms with Crippen LogP contribution in [0.1, 0.15) is 65.7 Å². The third-order valence-electron chi connectivity index (χ3n) is 7.64. The summed E-state index contributed by atoms with van der Waals surface area (Å²) in [4.78, 5) is 12.2. The maximum Gasteiger partial charge on any atom is 0.158 e. The molecule has 21 heavy (non-hydrogen) atoms. The molecule has 0 saturated heterocycles. The van der Waals surface area contributed by atoms with Gasteiger partial charge in [0, 0.05) is 6.42 Å². The molecule has 0 aromatic heterocycles. The molecular weight excluding hydrogens is 256 g/mol. The molecular formula is C20H30O. The van der Waals surface area contributed by atoms with Gasteiger partial charge in [-0.3, -0.25) is 4.79 Å². The van der Waals surface area contributed by atoms with E-state index in [0.717, 1.165) is 30.8 Å². The Labute approximate surface area is 129 Å². The molecule has 5 atom stereocenters. The van der Waals surface area contributed by atoms with Crippen molar-refractivity contribution in [3.8, 4) is 0 Å². The molecule has 0 N–H and O–H groups in total. The van der Waals surface area contributed by atoms with E-state index >= 15 is 0 Å². The van der Waals surface area contributed by atoms with Crippen molar-refractivity contribution in [1.82, 2.24) is 0 Å². The average molecular weight is 286 g/mol. The van der Waals surface area contributed by atoms with Gasteiger partial charge in [0.25, 0.3) is 0 Å². The summed E-state index contributed by atoms with van der Waals surface area (Å²) in [5.74, 6) is 1.75. The second-order valence-corrected chi connectivity index (χ2v) is 8.71. The molecule has 0 aliphatic heterocycles. The van der Waals surface area contributed by atoms with Crippen molar-refractivity contribution in [3.05, 3.63) is 24.8 Å². The first-order valence-corrected chi connectivity index (χ1v) is 8.61. The molecule has 0 spiro atoms. The van der Waals surface area contributed by atoms with Gasteiger partial charge in [0.1, 0.15) is 0 Å². The maximum atomic E-state index is 12.2. The lowest BCUT2D eigenvalue weighted by molar-refractivity contribution is -0.131. The van der Waals surface area contributed by atoms with Crippen LogP contribution in [0.3, 0.4) is 0 Å². The van der Waals surface area contributed by atoms with Crippen LogP contribution in [0.4, 0.5) is 0 Å². The van der Waals surface area contributed by atoms with E-state index in [9.17, 15) is 4.79 Å². The van der Waals surface area contributed by atoms with Crippen LogP contribution in [0.5, 0.6) is 0 Å². The summed E-state index contributed by atoms with van der Waals surface area (Å²) in [5.41, 5.74) is 1.69. The van der Waals surface area contributed by atoms with Crippen LogP contribution < -0.4 is 0 Å². The van der Waals surface area contributed by atoms with Gasteiger partial charge in [0.2, 0.25) is 0 Å². The van der Waals surface area contributed by atoms with Gasteiger partial charge in [0.15, 0.2) is 5.78 Å². The van der Waals surface area contributed by atoms with E-state index in [1.807, 2.05) is 0 Å². The van der Waals surface area contributed by atoms with Crippen LogP contribution in [0, 0.1) is 28.1 Å². The summed E-state index contributed by atoms with van der Waals surface area (Å²) in [6.07, 6.45) is 10.2. The van der Waals surface area contributed by atoms with Crippen LogP contribution in [0.25, 0.3) is 0 Å². The lowest BCUT2D eigenvalue weighted by atomic mass is 9.42. The summed E-state index contributed by atoms with van der Waals surface area (Å²) < 4.78 is 0. The third-order valence-corrected chi connectivity index (χ3v) is 7.64. The summed E-state index contributed by atoms with van der Waals surface area (Å²) in [5, 5.41) is 0. The molecule has 0 aromatic carbocycles. The predicted molar refractivity (Wildman–Crippen MR) is 88.0 cm³/mol. The lowest BCUT2D eigenvalue weighted by Crippen LogP contribution is -2.55. The quantitative estimate of drug-likeness (QED) is 0.471. The van der Waals surface area contributed by atoms with Gasteiger partial charge < -0.3 is 0 Å². The summed E-state index contributed by atoms with van der Waals surface area (Å²) in [6.45, 7) is 15.5. The van der Waals surface area contributed by atoms with Crippen LogP contribution in [0.2, 0.25) is 0 Å².